The number of hydrogen-bond acceptors (Lipinski definition) is 7. The monoisotopic (exact) mass is 429 g/mol. The van der Waals surface area contributed by atoms with Crippen molar-refractivity contribution in [1.82, 2.24) is 5.32 Å². The van der Waals surface area contributed by atoms with Crippen LogP contribution in [0.25, 0.3) is 0 Å². The molecule has 0 aliphatic carbocycles. The van der Waals surface area contributed by atoms with Crippen molar-refractivity contribution in [3.8, 4) is 5.75 Å². The lowest BCUT2D eigenvalue weighted by Crippen LogP contribution is -2.36. The number of methoxy groups -OCH3 is 1. The Morgan fingerprint density at radius 3 is 2.26 bits per heavy atom. The van der Waals surface area contributed by atoms with Crippen LogP contribution in [0.15, 0.2) is 30.3 Å². The van der Waals surface area contributed by atoms with Gasteiger partial charge in [0.25, 0.3) is 5.91 Å². The van der Waals surface area contributed by atoms with Crippen molar-refractivity contribution in [3.05, 3.63) is 62.7 Å². The molecule has 0 aromatic heterocycles. The lowest BCUT2D eigenvalue weighted by Gasteiger charge is -2.13. The molecule has 0 heterocycles. The molecule has 2 N–H and O–H groups in total. The minimum atomic E-state index is -0.706. The highest BCUT2D eigenvalue weighted by atomic mass is 16.6. The van der Waals surface area contributed by atoms with E-state index >= 15 is 0 Å². The van der Waals surface area contributed by atoms with Gasteiger partial charge in [0, 0.05) is 17.8 Å². The molecule has 0 unspecified atom stereocenters. The Morgan fingerprint density at radius 1 is 1.03 bits per heavy atom. The number of benzene rings is 2. The summed E-state index contributed by atoms with van der Waals surface area (Å²) in [5, 5.41) is 16.3. The summed E-state index contributed by atoms with van der Waals surface area (Å²) in [6.45, 7) is 4.81. The first-order valence-electron chi connectivity index (χ1n) is 9.26. The summed E-state index contributed by atoms with van der Waals surface area (Å²) in [5.74, 6) is -2.06. The number of carbonyl (C=O) groups is 3. The Morgan fingerprint density at radius 2 is 1.68 bits per heavy atom. The van der Waals surface area contributed by atoms with Crippen LogP contribution in [0, 0.1) is 30.9 Å². The zero-order valence-electron chi connectivity index (χ0n) is 17.6. The average molecular weight is 429 g/mol. The van der Waals surface area contributed by atoms with E-state index < -0.39 is 35.0 Å². The van der Waals surface area contributed by atoms with E-state index in [0.717, 1.165) is 28.8 Å². The molecule has 164 valence electrons. The van der Waals surface area contributed by atoms with E-state index in [-0.39, 0.29) is 17.9 Å². The fourth-order valence-electron chi connectivity index (χ4n) is 2.96. The number of ether oxygens (including phenoxy) is 2. The first-order chi connectivity index (χ1) is 14.6. The van der Waals surface area contributed by atoms with Gasteiger partial charge in [0.05, 0.1) is 24.1 Å². The second kappa shape index (κ2) is 10.2. The van der Waals surface area contributed by atoms with E-state index in [9.17, 15) is 24.5 Å². The molecule has 0 atom stereocenters. The summed E-state index contributed by atoms with van der Waals surface area (Å²) in [5.41, 5.74) is 3.17. The number of nitrogens with zero attached hydrogens (tertiary/aromatic N) is 1. The predicted octanol–water partition coefficient (Wildman–Crippen LogP) is 2.44. The minimum absolute atomic E-state index is 0.0340. The van der Waals surface area contributed by atoms with Crippen molar-refractivity contribution in [1.29, 1.82) is 0 Å². The quantitative estimate of drug-likeness (QED) is 0.373. The number of aryl methyl sites for hydroxylation is 3. The van der Waals surface area contributed by atoms with Crippen LogP contribution in [0.1, 0.15) is 27.0 Å². The number of amides is 2. The van der Waals surface area contributed by atoms with Gasteiger partial charge in [0.15, 0.2) is 12.4 Å². The first kappa shape index (κ1) is 23.3. The fourth-order valence-corrected chi connectivity index (χ4v) is 2.96. The lowest BCUT2D eigenvalue weighted by molar-refractivity contribution is -0.385. The number of nitro groups is 1. The Labute approximate surface area is 178 Å². The van der Waals surface area contributed by atoms with Crippen LogP contribution in [0.5, 0.6) is 5.75 Å². The van der Waals surface area contributed by atoms with Gasteiger partial charge in [0.1, 0.15) is 0 Å². The number of nitro benzene ring substituents is 1. The van der Waals surface area contributed by atoms with Gasteiger partial charge in [-0.15, -0.1) is 0 Å². The Hall–Kier alpha value is -3.95. The van der Waals surface area contributed by atoms with E-state index in [0.29, 0.717) is 5.69 Å². The smallest absolute Gasteiger partial charge is 0.337 e. The molecule has 0 radical (unpaired) electrons. The molecule has 2 rings (SSSR count). The summed E-state index contributed by atoms with van der Waals surface area (Å²) < 4.78 is 9.77. The van der Waals surface area contributed by atoms with Crippen LogP contribution in [0.2, 0.25) is 0 Å². The van der Waals surface area contributed by atoms with Crippen molar-refractivity contribution < 1.29 is 28.8 Å². The van der Waals surface area contributed by atoms with E-state index in [1.54, 1.807) is 0 Å². The third kappa shape index (κ3) is 6.26. The van der Waals surface area contributed by atoms with Gasteiger partial charge in [-0.25, -0.2) is 4.79 Å². The Kier molecular flexibility index (Phi) is 7.67. The molecule has 2 aromatic rings. The van der Waals surface area contributed by atoms with Crippen LogP contribution < -0.4 is 15.4 Å². The highest BCUT2D eigenvalue weighted by Gasteiger charge is 2.19. The molecule has 0 fully saturated rings. The molecule has 0 bridgehead atoms. The number of anilines is 1. The molecule has 10 heteroatoms. The van der Waals surface area contributed by atoms with Gasteiger partial charge < -0.3 is 20.1 Å². The standard InChI is InChI=1S/C21H23N3O7/c1-12-7-13(2)20(14(3)8-12)23-18(25)10-22-19(26)11-31-17-9-15(21(27)30-4)5-6-16(17)24(28)29/h5-9H,10-11H2,1-4H3,(H,22,26)(H,23,25). The molecule has 0 aliphatic rings. The Bertz CT molecular complexity index is 1010. The van der Waals surface area contributed by atoms with Crippen LogP contribution >= 0.6 is 0 Å². The van der Waals surface area contributed by atoms with Crippen molar-refractivity contribution in [2.75, 3.05) is 25.6 Å². The SMILES string of the molecule is COC(=O)c1ccc([N+](=O)[O-])c(OCC(=O)NCC(=O)Nc2c(C)cc(C)cc2C)c1. The third-order valence-corrected chi connectivity index (χ3v) is 4.32. The molecule has 0 aliphatic heterocycles. The predicted molar refractivity (Wildman–Crippen MR) is 112 cm³/mol. The maximum absolute atomic E-state index is 12.2. The number of hydrogen-bond donors (Lipinski definition) is 2. The van der Waals surface area contributed by atoms with Crippen molar-refractivity contribution in [2.45, 2.75) is 20.8 Å². The second-order valence-electron chi connectivity index (χ2n) is 6.82. The minimum Gasteiger partial charge on any atom is -0.477 e. The zero-order valence-corrected chi connectivity index (χ0v) is 17.6. The molecule has 0 spiro atoms. The lowest BCUT2D eigenvalue weighted by atomic mass is 10.1. The summed E-state index contributed by atoms with van der Waals surface area (Å²) in [4.78, 5) is 46.2. The maximum Gasteiger partial charge on any atom is 0.337 e. The van der Waals surface area contributed by atoms with Crippen LogP contribution in [-0.4, -0.2) is 43.0 Å². The molecule has 2 aromatic carbocycles. The number of esters is 1. The van der Waals surface area contributed by atoms with E-state index in [4.69, 9.17) is 4.74 Å². The van der Waals surface area contributed by atoms with Gasteiger partial charge in [0.2, 0.25) is 5.91 Å². The van der Waals surface area contributed by atoms with E-state index in [1.807, 2.05) is 32.9 Å². The molecule has 0 saturated carbocycles. The van der Waals surface area contributed by atoms with Gasteiger partial charge in [-0.2, -0.15) is 0 Å². The average Bonchev–Trinajstić information content (AvgIpc) is 2.72. The van der Waals surface area contributed by atoms with Crippen LogP contribution in [0.3, 0.4) is 0 Å². The molecule has 2 amide bonds. The van der Waals surface area contributed by atoms with Crippen molar-refractivity contribution in [3.63, 3.8) is 0 Å². The molecule has 0 saturated heterocycles. The zero-order chi connectivity index (χ0) is 23.1. The van der Waals surface area contributed by atoms with Gasteiger partial charge in [-0.1, -0.05) is 17.7 Å². The highest BCUT2D eigenvalue weighted by Crippen LogP contribution is 2.28. The van der Waals surface area contributed by atoms with E-state index in [1.165, 1.54) is 13.2 Å². The van der Waals surface area contributed by atoms with Crippen molar-refractivity contribution >= 4 is 29.2 Å². The summed E-state index contributed by atoms with van der Waals surface area (Å²) in [6.07, 6.45) is 0. The number of nitrogens with one attached hydrogen (secondary N) is 2. The molecular weight excluding hydrogens is 406 g/mol. The molecule has 10 nitrogen and oxygen atoms in total. The first-order valence-corrected chi connectivity index (χ1v) is 9.26. The number of carbonyl (C=O) groups excluding carboxylic acids is 3. The van der Waals surface area contributed by atoms with Gasteiger partial charge in [-0.05, 0) is 38.0 Å². The molecule has 31 heavy (non-hydrogen) atoms. The van der Waals surface area contributed by atoms with Gasteiger partial charge >= 0.3 is 11.7 Å². The number of rotatable bonds is 8. The third-order valence-electron chi connectivity index (χ3n) is 4.32. The van der Waals surface area contributed by atoms with Crippen LogP contribution in [0.4, 0.5) is 11.4 Å². The normalized spacial score (nSPS) is 10.2. The van der Waals surface area contributed by atoms with Gasteiger partial charge in [-0.3, -0.25) is 19.7 Å². The second-order valence-corrected chi connectivity index (χ2v) is 6.82. The molecular formula is C21H23N3O7. The fraction of sp³-hybridized carbons (Fsp3) is 0.286. The van der Waals surface area contributed by atoms with Crippen molar-refractivity contribution in [2.24, 2.45) is 0 Å². The highest BCUT2D eigenvalue weighted by molar-refractivity contribution is 5.96. The summed E-state index contributed by atoms with van der Waals surface area (Å²) >= 11 is 0. The maximum atomic E-state index is 12.2. The largest absolute Gasteiger partial charge is 0.477 e. The summed E-state index contributed by atoms with van der Waals surface area (Å²) in [7, 11) is 1.17. The Balaban J connectivity index is 1.96. The summed E-state index contributed by atoms with van der Waals surface area (Å²) in [6, 6.07) is 7.29. The van der Waals surface area contributed by atoms with Crippen LogP contribution in [-0.2, 0) is 14.3 Å². The van der Waals surface area contributed by atoms with E-state index in [2.05, 4.69) is 15.4 Å². The topological polar surface area (TPSA) is 137 Å².